The van der Waals surface area contributed by atoms with E-state index in [0.717, 1.165) is 11.1 Å². The van der Waals surface area contributed by atoms with Crippen LogP contribution in [0.1, 0.15) is 37.8 Å². The molecule has 0 unspecified atom stereocenters. The number of hydrogen-bond acceptors (Lipinski definition) is 4. The van der Waals surface area contributed by atoms with E-state index in [2.05, 4.69) is 5.32 Å². The van der Waals surface area contributed by atoms with Crippen molar-refractivity contribution in [2.24, 2.45) is 0 Å². The van der Waals surface area contributed by atoms with Crippen LogP contribution in [-0.2, 0) is 27.3 Å². The quantitative estimate of drug-likeness (QED) is 0.671. The molecule has 0 saturated carbocycles. The van der Waals surface area contributed by atoms with Crippen LogP contribution in [0, 0.1) is 0 Å². The minimum atomic E-state index is -0.489. The van der Waals surface area contributed by atoms with Crippen LogP contribution in [0.5, 0.6) is 0 Å². The van der Waals surface area contributed by atoms with E-state index in [0.29, 0.717) is 12.8 Å². The summed E-state index contributed by atoms with van der Waals surface area (Å²) in [5.74, 6) is -0.262. The summed E-state index contributed by atoms with van der Waals surface area (Å²) in [5.41, 5.74) is 2.01. The van der Waals surface area contributed by atoms with Crippen LogP contribution >= 0.6 is 0 Å². The van der Waals surface area contributed by atoms with Gasteiger partial charge in [0.1, 0.15) is 6.61 Å². The Morgan fingerprint density at radius 3 is 2.11 bits per heavy atom. The summed E-state index contributed by atoms with van der Waals surface area (Å²) in [6.07, 6.45) is 0.719. The normalized spacial score (nSPS) is 11.7. The third kappa shape index (κ3) is 8.40. The minimum absolute atomic E-state index is 0.145. The molecule has 27 heavy (non-hydrogen) atoms. The summed E-state index contributed by atoms with van der Waals surface area (Å²) in [6.45, 7) is 3.84. The molecule has 0 bridgehead atoms. The SMILES string of the molecule is CC(C)OC(=O)CC[C@@H](Cc1ccccc1)NC(=O)OCc1ccccc1. The number of carbonyl (C=O) groups excluding carboxylic acids is 2. The lowest BCUT2D eigenvalue weighted by Gasteiger charge is -2.19. The third-order valence-electron chi connectivity index (χ3n) is 3.92. The number of hydrogen-bond donors (Lipinski definition) is 1. The van der Waals surface area contributed by atoms with Crippen molar-refractivity contribution in [3.05, 3.63) is 71.8 Å². The Kier molecular flexibility index (Phi) is 8.36. The van der Waals surface area contributed by atoms with Gasteiger partial charge in [0.15, 0.2) is 0 Å². The molecule has 2 rings (SSSR count). The lowest BCUT2D eigenvalue weighted by molar-refractivity contribution is -0.147. The summed E-state index contributed by atoms with van der Waals surface area (Å²) >= 11 is 0. The van der Waals surface area contributed by atoms with Crippen LogP contribution in [0.25, 0.3) is 0 Å². The number of rotatable bonds is 9. The predicted molar refractivity (Wildman–Crippen MR) is 104 cm³/mol. The molecule has 1 N–H and O–H groups in total. The largest absolute Gasteiger partial charge is 0.463 e. The van der Waals surface area contributed by atoms with Crippen LogP contribution in [0.4, 0.5) is 4.79 Å². The summed E-state index contributed by atoms with van der Waals surface area (Å²) in [6, 6.07) is 19.1. The molecule has 1 atom stereocenters. The highest BCUT2D eigenvalue weighted by Gasteiger charge is 2.17. The number of benzene rings is 2. The number of amides is 1. The minimum Gasteiger partial charge on any atom is -0.463 e. The van der Waals surface area contributed by atoms with Gasteiger partial charge in [-0.1, -0.05) is 60.7 Å². The molecule has 2 aromatic carbocycles. The van der Waals surface area contributed by atoms with Gasteiger partial charge in [0.2, 0.25) is 0 Å². The molecular weight excluding hydrogens is 342 g/mol. The van der Waals surface area contributed by atoms with Gasteiger partial charge < -0.3 is 14.8 Å². The first-order valence-electron chi connectivity index (χ1n) is 9.23. The molecule has 0 spiro atoms. The van der Waals surface area contributed by atoms with Crippen molar-refractivity contribution in [2.75, 3.05) is 0 Å². The molecule has 5 heteroatoms. The van der Waals surface area contributed by atoms with Crippen LogP contribution in [0.15, 0.2) is 60.7 Å². The van der Waals surface area contributed by atoms with Gasteiger partial charge in [0.05, 0.1) is 6.10 Å². The summed E-state index contributed by atoms with van der Waals surface area (Å²) < 4.78 is 10.5. The highest BCUT2D eigenvalue weighted by Crippen LogP contribution is 2.10. The van der Waals surface area contributed by atoms with Gasteiger partial charge in [-0.25, -0.2) is 4.79 Å². The van der Waals surface area contributed by atoms with Crippen LogP contribution < -0.4 is 5.32 Å². The van der Waals surface area contributed by atoms with Gasteiger partial charge in [0, 0.05) is 12.5 Å². The van der Waals surface area contributed by atoms with E-state index in [1.54, 1.807) is 0 Å². The zero-order valence-electron chi connectivity index (χ0n) is 15.9. The van der Waals surface area contributed by atoms with E-state index in [1.165, 1.54) is 0 Å². The standard InChI is InChI=1S/C22H27NO4/c1-17(2)27-21(24)14-13-20(15-18-9-5-3-6-10-18)23-22(25)26-16-19-11-7-4-8-12-19/h3-12,17,20H,13-16H2,1-2H3,(H,23,25)/t20-/m0/s1. The number of alkyl carbamates (subject to hydrolysis) is 1. The van der Waals surface area contributed by atoms with Crippen molar-refractivity contribution in [1.29, 1.82) is 0 Å². The zero-order chi connectivity index (χ0) is 19.5. The van der Waals surface area contributed by atoms with E-state index in [4.69, 9.17) is 9.47 Å². The van der Waals surface area contributed by atoms with Gasteiger partial charge >= 0.3 is 12.1 Å². The smallest absolute Gasteiger partial charge is 0.407 e. The third-order valence-corrected chi connectivity index (χ3v) is 3.92. The van der Waals surface area contributed by atoms with E-state index in [1.807, 2.05) is 74.5 Å². The summed E-state index contributed by atoms with van der Waals surface area (Å²) in [4.78, 5) is 24.0. The second-order valence-electron chi connectivity index (χ2n) is 6.67. The van der Waals surface area contributed by atoms with Crippen LogP contribution in [0.3, 0.4) is 0 Å². The monoisotopic (exact) mass is 369 g/mol. The van der Waals surface area contributed by atoms with Gasteiger partial charge in [-0.05, 0) is 37.8 Å². The molecular formula is C22H27NO4. The maximum absolute atomic E-state index is 12.2. The van der Waals surface area contributed by atoms with E-state index >= 15 is 0 Å². The molecule has 0 fully saturated rings. The predicted octanol–water partition coefficient (Wildman–Crippen LogP) is 4.26. The second-order valence-corrected chi connectivity index (χ2v) is 6.67. The Morgan fingerprint density at radius 2 is 1.52 bits per heavy atom. The lowest BCUT2D eigenvalue weighted by Crippen LogP contribution is -2.37. The van der Waals surface area contributed by atoms with Crippen LogP contribution in [-0.4, -0.2) is 24.2 Å². The maximum Gasteiger partial charge on any atom is 0.407 e. The first kappa shape index (κ1) is 20.5. The Hall–Kier alpha value is -2.82. The molecule has 5 nitrogen and oxygen atoms in total. The van der Waals surface area contributed by atoms with Crippen molar-refractivity contribution >= 4 is 12.1 Å². The molecule has 0 saturated heterocycles. The molecule has 2 aromatic rings. The number of esters is 1. The highest BCUT2D eigenvalue weighted by molar-refractivity contribution is 5.70. The Balaban J connectivity index is 1.89. The molecule has 0 aromatic heterocycles. The number of carbonyl (C=O) groups is 2. The average Bonchev–Trinajstić information content (AvgIpc) is 2.65. The molecule has 0 aliphatic carbocycles. The fourth-order valence-electron chi connectivity index (χ4n) is 2.67. The maximum atomic E-state index is 12.2. The highest BCUT2D eigenvalue weighted by atomic mass is 16.5. The fraction of sp³-hybridized carbons (Fsp3) is 0.364. The molecule has 0 heterocycles. The fourth-order valence-corrected chi connectivity index (χ4v) is 2.67. The van der Waals surface area contributed by atoms with E-state index in [9.17, 15) is 9.59 Å². The first-order chi connectivity index (χ1) is 13.0. The molecule has 0 aliphatic heterocycles. The summed E-state index contributed by atoms with van der Waals surface area (Å²) in [5, 5.41) is 2.88. The number of ether oxygens (including phenoxy) is 2. The molecule has 0 aliphatic rings. The van der Waals surface area contributed by atoms with Gasteiger partial charge in [-0.3, -0.25) is 4.79 Å². The van der Waals surface area contributed by atoms with Crippen molar-refractivity contribution in [2.45, 2.75) is 51.9 Å². The lowest BCUT2D eigenvalue weighted by atomic mass is 10.0. The van der Waals surface area contributed by atoms with E-state index < -0.39 is 6.09 Å². The number of nitrogens with one attached hydrogen (secondary N) is 1. The second kappa shape index (κ2) is 11.0. The van der Waals surface area contributed by atoms with Gasteiger partial charge in [-0.2, -0.15) is 0 Å². The summed E-state index contributed by atoms with van der Waals surface area (Å²) in [7, 11) is 0. The Labute approximate surface area is 160 Å². The van der Waals surface area contributed by atoms with Crippen LogP contribution in [0.2, 0.25) is 0 Å². The van der Waals surface area contributed by atoms with Crippen molar-refractivity contribution in [3.63, 3.8) is 0 Å². The zero-order valence-corrected chi connectivity index (χ0v) is 15.9. The van der Waals surface area contributed by atoms with Gasteiger partial charge in [0.25, 0.3) is 0 Å². The molecule has 0 radical (unpaired) electrons. The Bertz CT molecular complexity index is 701. The van der Waals surface area contributed by atoms with Gasteiger partial charge in [-0.15, -0.1) is 0 Å². The first-order valence-corrected chi connectivity index (χ1v) is 9.23. The molecule has 1 amide bonds. The van der Waals surface area contributed by atoms with Crippen molar-refractivity contribution < 1.29 is 19.1 Å². The van der Waals surface area contributed by atoms with E-state index in [-0.39, 0.29) is 31.1 Å². The Morgan fingerprint density at radius 1 is 0.926 bits per heavy atom. The average molecular weight is 369 g/mol. The van der Waals surface area contributed by atoms with Crippen molar-refractivity contribution in [1.82, 2.24) is 5.32 Å². The van der Waals surface area contributed by atoms with Crippen molar-refractivity contribution in [3.8, 4) is 0 Å². The molecule has 144 valence electrons. The topological polar surface area (TPSA) is 64.6 Å².